The van der Waals surface area contributed by atoms with Crippen LogP contribution in [0.5, 0.6) is 0 Å². The van der Waals surface area contributed by atoms with Gasteiger partial charge in [0, 0.05) is 48.2 Å². The zero-order chi connectivity index (χ0) is 23.1. The number of imidazole rings is 1. The highest BCUT2D eigenvalue weighted by molar-refractivity contribution is 5.91. The maximum absolute atomic E-state index is 12.6. The molecule has 7 heteroatoms. The second kappa shape index (κ2) is 8.75. The summed E-state index contributed by atoms with van der Waals surface area (Å²) in [5, 5.41) is 9.15. The monoisotopic (exact) mass is 461 g/mol. The number of nitrogens with one attached hydrogen (secondary N) is 3. The molecule has 0 atom stereocenters. The standard InChI is InChI=1S/C27H35N5O2/c33-24(8-9-28-26(34)31-27-14-18-11-19(15-27)13-20(12-18)16-27)30-22-6-4-21(5-7-22)25-29-17-23-3-1-2-10-32(23)25/h4-7,17-20H,1-3,8-16H2,(H,30,33)(H2,28,31,34). The highest BCUT2D eigenvalue weighted by atomic mass is 16.2. The van der Waals surface area contributed by atoms with E-state index in [1.54, 1.807) is 0 Å². The zero-order valence-corrected chi connectivity index (χ0v) is 19.8. The van der Waals surface area contributed by atoms with Crippen molar-refractivity contribution in [3.8, 4) is 11.4 Å². The van der Waals surface area contributed by atoms with E-state index in [9.17, 15) is 9.59 Å². The number of anilines is 1. The maximum Gasteiger partial charge on any atom is 0.315 e. The Morgan fingerprint density at radius 1 is 1.00 bits per heavy atom. The molecule has 4 saturated carbocycles. The van der Waals surface area contributed by atoms with Crippen LogP contribution < -0.4 is 16.0 Å². The molecule has 1 aliphatic heterocycles. The fourth-order valence-electron chi connectivity index (χ4n) is 7.43. The van der Waals surface area contributed by atoms with Gasteiger partial charge in [0.25, 0.3) is 0 Å². The number of hydrogen-bond acceptors (Lipinski definition) is 3. The van der Waals surface area contributed by atoms with E-state index in [0.29, 0.717) is 6.54 Å². The first kappa shape index (κ1) is 21.7. The summed E-state index contributed by atoms with van der Waals surface area (Å²) in [6.45, 7) is 1.36. The molecule has 0 spiro atoms. The Morgan fingerprint density at radius 3 is 2.41 bits per heavy atom. The number of carbonyl (C=O) groups excluding carboxylic acids is 2. The normalized spacial score (nSPS) is 28.9. The van der Waals surface area contributed by atoms with Crippen molar-refractivity contribution < 1.29 is 9.59 Å². The van der Waals surface area contributed by atoms with Gasteiger partial charge in [0.05, 0.1) is 0 Å². The third kappa shape index (κ3) is 4.32. The number of benzene rings is 1. The molecule has 7 rings (SSSR count). The van der Waals surface area contributed by atoms with E-state index in [0.717, 1.165) is 67.1 Å². The predicted octanol–water partition coefficient (Wildman–Crippen LogP) is 4.48. The Morgan fingerprint density at radius 2 is 1.71 bits per heavy atom. The van der Waals surface area contributed by atoms with E-state index in [1.165, 1.54) is 37.8 Å². The van der Waals surface area contributed by atoms with E-state index < -0.39 is 0 Å². The van der Waals surface area contributed by atoms with Crippen molar-refractivity contribution in [2.45, 2.75) is 76.3 Å². The van der Waals surface area contributed by atoms with Gasteiger partial charge in [0.1, 0.15) is 5.82 Å². The Labute approximate surface area is 201 Å². The maximum atomic E-state index is 12.6. The van der Waals surface area contributed by atoms with E-state index in [-0.39, 0.29) is 23.9 Å². The molecule has 1 aromatic heterocycles. The molecule has 2 heterocycles. The summed E-state index contributed by atoms with van der Waals surface area (Å²) >= 11 is 0. The molecular formula is C27H35N5O2. The summed E-state index contributed by atoms with van der Waals surface area (Å²) in [5.74, 6) is 3.29. The van der Waals surface area contributed by atoms with Crippen LogP contribution in [0.3, 0.4) is 0 Å². The van der Waals surface area contributed by atoms with Gasteiger partial charge in [-0.05, 0) is 99.8 Å². The SMILES string of the molecule is O=C(CCNC(=O)NC12CC3CC(CC(C3)C1)C2)Nc1ccc(-c2ncc3n2CCCC3)cc1. The molecule has 5 aliphatic rings. The lowest BCUT2D eigenvalue weighted by Crippen LogP contribution is -2.61. The Kier molecular flexibility index (Phi) is 5.58. The van der Waals surface area contributed by atoms with E-state index >= 15 is 0 Å². The van der Waals surface area contributed by atoms with Crippen LogP contribution in [0.2, 0.25) is 0 Å². The van der Waals surface area contributed by atoms with Crippen LogP contribution in [0, 0.1) is 17.8 Å². The molecule has 2 aromatic rings. The van der Waals surface area contributed by atoms with Crippen LogP contribution in [-0.4, -0.2) is 33.6 Å². The first-order valence-corrected chi connectivity index (χ1v) is 13.1. The number of aryl methyl sites for hydroxylation is 1. The smallest absolute Gasteiger partial charge is 0.315 e. The molecule has 180 valence electrons. The minimum absolute atomic E-state index is 0.00304. The van der Waals surface area contributed by atoms with Gasteiger partial charge in [0.15, 0.2) is 0 Å². The number of hydrogen-bond donors (Lipinski definition) is 3. The summed E-state index contributed by atoms with van der Waals surface area (Å²) in [7, 11) is 0. The van der Waals surface area contributed by atoms with Crippen LogP contribution in [0.1, 0.15) is 63.5 Å². The minimum Gasteiger partial charge on any atom is -0.338 e. The average molecular weight is 462 g/mol. The predicted molar refractivity (Wildman–Crippen MR) is 131 cm³/mol. The van der Waals surface area contributed by atoms with Gasteiger partial charge in [0.2, 0.25) is 5.91 Å². The number of rotatable bonds is 6. The molecule has 4 aliphatic carbocycles. The van der Waals surface area contributed by atoms with Crippen molar-refractivity contribution in [1.29, 1.82) is 0 Å². The van der Waals surface area contributed by atoms with Gasteiger partial charge >= 0.3 is 6.03 Å². The molecular weight excluding hydrogens is 426 g/mol. The van der Waals surface area contributed by atoms with Gasteiger partial charge in [-0.1, -0.05) is 0 Å². The summed E-state index contributed by atoms with van der Waals surface area (Å²) in [5.41, 5.74) is 3.13. The topological polar surface area (TPSA) is 88.1 Å². The van der Waals surface area contributed by atoms with Crippen molar-refractivity contribution in [3.63, 3.8) is 0 Å². The van der Waals surface area contributed by atoms with Gasteiger partial charge in [-0.3, -0.25) is 4.79 Å². The van der Waals surface area contributed by atoms with Crippen molar-refractivity contribution >= 4 is 17.6 Å². The molecule has 3 N–H and O–H groups in total. The quantitative estimate of drug-likeness (QED) is 0.593. The lowest BCUT2D eigenvalue weighted by molar-refractivity contribution is -0.116. The first-order chi connectivity index (χ1) is 16.6. The number of carbonyl (C=O) groups is 2. The highest BCUT2D eigenvalue weighted by Gasteiger charge is 2.51. The van der Waals surface area contributed by atoms with Crippen LogP contribution >= 0.6 is 0 Å². The Bertz CT molecular complexity index is 1040. The largest absolute Gasteiger partial charge is 0.338 e. The first-order valence-electron chi connectivity index (χ1n) is 13.1. The number of amides is 3. The molecule has 4 bridgehead atoms. The third-order valence-corrected chi connectivity index (χ3v) is 8.48. The lowest BCUT2D eigenvalue weighted by atomic mass is 9.53. The van der Waals surface area contributed by atoms with Crippen molar-refractivity contribution in [3.05, 3.63) is 36.2 Å². The van der Waals surface area contributed by atoms with Crippen LogP contribution in [0.25, 0.3) is 11.4 Å². The van der Waals surface area contributed by atoms with E-state index in [4.69, 9.17) is 0 Å². The van der Waals surface area contributed by atoms with Gasteiger partial charge in [-0.15, -0.1) is 0 Å². The van der Waals surface area contributed by atoms with E-state index in [1.807, 2.05) is 30.5 Å². The van der Waals surface area contributed by atoms with Crippen molar-refractivity contribution in [1.82, 2.24) is 20.2 Å². The molecule has 0 saturated heterocycles. The van der Waals surface area contributed by atoms with Crippen molar-refractivity contribution in [2.75, 3.05) is 11.9 Å². The van der Waals surface area contributed by atoms with Crippen LogP contribution in [0.15, 0.2) is 30.5 Å². The molecule has 0 radical (unpaired) electrons. The second-order valence-corrected chi connectivity index (χ2v) is 11.1. The molecule has 3 amide bonds. The summed E-state index contributed by atoms with van der Waals surface area (Å²) in [6.07, 6.45) is 13.2. The Hall–Kier alpha value is -2.83. The number of urea groups is 1. The van der Waals surface area contributed by atoms with Gasteiger partial charge in [-0.25, -0.2) is 9.78 Å². The molecule has 7 nitrogen and oxygen atoms in total. The summed E-state index contributed by atoms with van der Waals surface area (Å²) in [6, 6.07) is 7.74. The average Bonchev–Trinajstić information content (AvgIpc) is 3.22. The second-order valence-electron chi connectivity index (χ2n) is 11.1. The zero-order valence-electron chi connectivity index (χ0n) is 19.8. The molecule has 4 fully saturated rings. The third-order valence-electron chi connectivity index (χ3n) is 8.48. The number of nitrogens with zero attached hydrogens (tertiary/aromatic N) is 2. The molecule has 0 unspecified atom stereocenters. The molecule has 34 heavy (non-hydrogen) atoms. The minimum atomic E-state index is -0.123. The fourth-order valence-corrected chi connectivity index (χ4v) is 7.43. The fraction of sp³-hybridized carbons (Fsp3) is 0.593. The lowest BCUT2D eigenvalue weighted by Gasteiger charge is -2.56. The van der Waals surface area contributed by atoms with Crippen molar-refractivity contribution in [2.24, 2.45) is 17.8 Å². The van der Waals surface area contributed by atoms with Crippen LogP contribution in [0.4, 0.5) is 10.5 Å². The van der Waals surface area contributed by atoms with E-state index in [2.05, 4.69) is 25.5 Å². The van der Waals surface area contributed by atoms with Crippen LogP contribution in [-0.2, 0) is 17.8 Å². The van der Waals surface area contributed by atoms with Gasteiger partial charge in [-0.2, -0.15) is 0 Å². The number of aromatic nitrogens is 2. The van der Waals surface area contributed by atoms with Gasteiger partial charge < -0.3 is 20.5 Å². The Balaban J connectivity index is 0.970. The molecule has 1 aromatic carbocycles. The highest BCUT2D eigenvalue weighted by Crippen LogP contribution is 2.55. The summed E-state index contributed by atoms with van der Waals surface area (Å²) < 4.78 is 2.30. The summed E-state index contributed by atoms with van der Waals surface area (Å²) in [4.78, 5) is 29.6. The number of fused-ring (bicyclic) bond motifs is 1.